The van der Waals surface area contributed by atoms with Gasteiger partial charge in [0, 0.05) is 51.0 Å². The molecule has 1 N–H and O–H groups in total. The first kappa shape index (κ1) is 22.5. The van der Waals surface area contributed by atoms with Gasteiger partial charge < -0.3 is 19.6 Å². The standard InChI is InChI=1S/C21H28F2N2O2.CH2O2/c22-21(23)7-4-16(5-8-21)15-24-9-1-10-25(12-11-24)20(26)18-2-3-19-17(14-18)6-13-27-19;2-1-3/h2-3,14,16H,1,4-13,15H2;1H,(H,2,3). The Kier molecular flexibility index (Phi) is 7.64. The summed E-state index contributed by atoms with van der Waals surface area (Å²) in [4.78, 5) is 25.6. The highest BCUT2D eigenvalue weighted by Crippen LogP contribution is 2.36. The van der Waals surface area contributed by atoms with Crippen LogP contribution in [0.1, 0.15) is 48.0 Å². The van der Waals surface area contributed by atoms with Crippen molar-refractivity contribution in [3.8, 4) is 5.75 Å². The van der Waals surface area contributed by atoms with Crippen molar-refractivity contribution in [1.29, 1.82) is 0 Å². The predicted molar refractivity (Wildman–Crippen MR) is 108 cm³/mol. The molecule has 1 aliphatic carbocycles. The predicted octanol–water partition coefficient (Wildman–Crippen LogP) is 3.30. The molecule has 1 saturated heterocycles. The number of alkyl halides is 2. The fraction of sp³-hybridized carbons (Fsp3) is 0.636. The van der Waals surface area contributed by atoms with Gasteiger partial charge in [0.15, 0.2) is 0 Å². The summed E-state index contributed by atoms with van der Waals surface area (Å²) >= 11 is 0. The fourth-order valence-electron chi connectivity index (χ4n) is 4.51. The third-order valence-corrected chi connectivity index (χ3v) is 6.17. The van der Waals surface area contributed by atoms with Gasteiger partial charge in [0.2, 0.25) is 5.92 Å². The van der Waals surface area contributed by atoms with Gasteiger partial charge in [-0.2, -0.15) is 0 Å². The van der Waals surface area contributed by atoms with Gasteiger partial charge in [-0.3, -0.25) is 9.59 Å². The SMILES string of the molecule is O=C(c1ccc2c(c1)CCO2)N1CCCN(CC2CCC(F)(F)CC2)CC1.O=CO. The lowest BCUT2D eigenvalue weighted by Crippen LogP contribution is -2.38. The highest BCUT2D eigenvalue weighted by Gasteiger charge is 2.35. The number of rotatable bonds is 3. The van der Waals surface area contributed by atoms with Crippen molar-refractivity contribution in [1.82, 2.24) is 9.80 Å². The quantitative estimate of drug-likeness (QED) is 0.754. The second-order valence-corrected chi connectivity index (χ2v) is 8.27. The number of fused-ring (bicyclic) bond motifs is 1. The lowest BCUT2D eigenvalue weighted by Gasteiger charge is -2.32. The number of nitrogens with zero attached hydrogens (tertiary/aromatic N) is 2. The van der Waals surface area contributed by atoms with Crippen LogP contribution < -0.4 is 4.74 Å². The third kappa shape index (κ3) is 5.90. The Morgan fingerprint density at radius 1 is 1.20 bits per heavy atom. The van der Waals surface area contributed by atoms with E-state index in [1.54, 1.807) is 0 Å². The molecule has 0 spiro atoms. The second kappa shape index (κ2) is 10.2. The molecule has 166 valence electrons. The molecule has 0 aromatic heterocycles. The minimum absolute atomic E-state index is 0.0260. The van der Waals surface area contributed by atoms with Crippen molar-refractivity contribution in [3.05, 3.63) is 29.3 Å². The number of carbonyl (C=O) groups is 2. The zero-order valence-electron chi connectivity index (χ0n) is 17.2. The van der Waals surface area contributed by atoms with E-state index >= 15 is 0 Å². The van der Waals surface area contributed by atoms with Gasteiger partial charge >= 0.3 is 0 Å². The molecule has 1 saturated carbocycles. The Labute approximate surface area is 175 Å². The monoisotopic (exact) mass is 424 g/mol. The maximum atomic E-state index is 13.3. The van der Waals surface area contributed by atoms with E-state index in [1.807, 2.05) is 23.1 Å². The molecule has 4 rings (SSSR count). The smallest absolute Gasteiger partial charge is 0.290 e. The minimum Gasteiger partial charge on any atom is -0.493 e. The molecule has 0 atom stereocenters. The number of carbonyl (C=O) groups excluding carboxylic acids is 1. The van der Waals surface area contributed by atoms with E-state index in [0.29, 0.717) is 31.9 Å². The minimum atomic E-state index is -2.46. The zero-order chi connectivity index (χ0) is 21.6. The Morgan fingerprint density at radius 2 is 1.93 bits per heavy atom. The van der Waals surface area contributed by atoms with Crippen LogP contribution in [0.25, 0.3) is 0 Å². The van der Waals surface area contributed by atoms with Crippen molar-refractivity contribution >= 4 is 12.4 Å². The Hall–Kier alpha value is -2.22. The molecular weight excluding hydrogens is 394 g/mol. The highest BCUT2D eigenvalue weighted by molar-refractivity contribution is 5.94. The normalized spacial score (nSPS) is 21.6. The highest BCUT2D eigenvalue weighted by atomic mass is 19.3. The van der Waals surface area contributed by atoms with E-state index in [0.717, 1.165) is 55.9 Å². The number of hydrogen-bond donors (Lipinski definition) is 1. The van der Waals surface area contributed by atoms with Crippen molar-refractivity contribution in [3.63, 3.8) is 0 Å². The van der Waals surface area contributed by atoms with E-state index in [4.69, 9.17) is 14.6 Å². The van der Waals surface area contributed by atoms with Gasteiger partial charge in [-0.15, -0.1) is 0 Å². The van der Waals surface area contributed by atoms with Crippen molar-refractivity contribution in [2.45, 2.75) is 44.4 Å². The van der Waals surface area contributed by atoms with Crippen LogP contribution >= 0.6 is 0 Å². The summed E-state index contributed by atoms with van der Waals surface area (Å²) in [6, 6.07) is 5.73. The zero-order valence-corrected chi connectivity index (χ0v) is 17.2. The van der Waals surface area contributed by atoms with Crippen molar-refractivity contribution < 1.29 is 28.2 Å². The van der Waals surface area contributed by atoms with Crippen LogP contribution in [-0.4, -0.2) is 72.5 Å². The molecule has 1 aromatic rings. The van der Waals surface area contributed by atoms with E-state index < -0.39 is 5.92 Å². The van der Waals surface area contributed by atoms with Gasteiger partial charge in [0.05, 0.1) is 6.61 Å². The number of benzene rings is 1. The average Bonchev–Trinajstić information content (AvgIpc) is 3.07. The number of amides is 1. The van der Waals surface area contributed by atoms with E-state index in [9.17, 15) is 13.6 Å². The molecule has 2 aliphatic heterocycles. The van der Waals surface area contributed by atoms with Gasteiger partial charge in [-0.05, 0) is 55.5 Å². The number of hydrogen-bond acceptors (Lipinski definition) is 4. The van der Waals surface area contributed by atoms with Crippen LogP contribution in [0.4, 0.5) is 8.78 Å². The van der Waals surface area contributed by atoms with E-state index in [2.05, 4.69) is 4.90 Å². The summed E-state index contributed by atoms with van der Waals surface area (Å²) in [5.41, 5.74) is 1.86. The Morgan fingerprint density at radius 3 is 2.67 bits per heavy atom. The molecule has 0 radical (unpaired) electrons. The third-order valence-electron chi connectivity index (χ3n) is 6.17. The first-order valence-electron chi connectivity index (χ1n) is 10.6. The lowest BCUT2D eigenvalue weighted by molar-refractivity contribution is -0.122. The van der Waals surface area contributed by atoms with Crippen molar-refractivity contribution in [2.75, 3.05) is 39.3 Å². The topological polar surface area (TPSA) is 70.1 Å². The fourth-order valence-corrected chi connectivity index (χ4v) is 4.51. The van der Waals surface area contributed by atoms with Gasteiger partial charge in [-0.1, -0.05) is 0 Å². The first-order chi connectivity index (χ1) is 14.4. The molecule has 1 aromatic carbocycles. The molecule has 1 amide bonds. The molecule has 2 heterocycles. The summed E-state index contributed by atoms with van der Waals surface area (Å²) in [6.07, 6.45) is 3.08. The van der Waals surface area contributed by atoms with Crippen LogP contribution in [-0.2, 0) is 11.2 Å². The van der Waals surface area contributed by atoms with Crippen LogP contribution in [0.2, 0.25) is 0 Å². The number of halogens is 2. The van der Waals surface area contributed by atoms with Crippen LogP contribution in [0.3, 0.4) is 0 Å². The Bertz CT molecular complexity index is 734. The molecule has 2 fully saturated rings. The van der Waals surface area contributed by atoms with Crippen LogP contribution in [0, 0.1) is 5.92 Å². The summed E-state index contributed by atoms with van der Waals surface area (Å²) in [5, 5.41) is 6.89. The summed E-state index contributed by atoms with van der Waals surface area (Å²) in [7, 11) is 0. The first-order valence-corrected chi connectivity index (χ1v) is 10.6. The number of ether oxygens (including phenoxy) is 1. The number of carboxylic acid groups (broad SMARTS) is 1. The van der Waals surface area contributed by atoms with Crippen LogP contribution in [0.15, 0.2) is 18.2 Å². The largest absolute Gasteiger partial charge is 0.493 e. The van der Waals surface area contributed by atoms with E-state index in [1.165, 1.54) is 0 Å². The van der Waals surface area contributed by atoms with Gasteiger partial charge in [0.1, 0.15) is 5.75 Å². The van der Waals surface area contributed by atoms with Gasteiger partial charge in [0.25, 0.3) is 12.4 Å². The molecule has 30 heavy (non-hydrogen) atoms. The molecular formula is C22H30F2N2O4. The maximum Gasteiger partial charge on any atom is 0.290 e. The molecule has 0 unspecified atom stereocenters. The summed E-state index contributed by atoms with van der Waals surface area (Å²) < 4.78 is 32.2. The summed E-state index contributed by atoms with van der Waals surface area (Å²) in [5.74, 6) is -1.11. The second-order valence-electron chi connectivity index (χ2n) is 8.27. The molecule has 3 aliphatic rings. The van der Waals surface area contributed by atoms with Gasteiger partial charge in [-0.25, -0.2) is 8.78 Å². The molecule has 6 nitrogen and oxygen atoms in total. The molecule has 0 bridgehead atoms. The average molecular weight is 424 g/mol. The van der Waals surface area contributed by atoms with Crippen LogP contribution in [0.5, 0.6) is 5.75 Å². The van der Waals surface area contributed by atoms with E-state index in [-0.39, 0.29) is 25.2 Å². The summed E-state index contributed by atoms with van der Waals surface area (Å²) in [6.45, 7) is 4.55. The van der Waals surface area contributed by atoms with Crippen molar-refractivity contribution in [2.24, 2.45) is 5.92 Å². The lowest BCUT2D eigenvalue weighted by atomic mass is 9.86. The Balaban J connectivity index is 0.000000806. The molecule has 8 heteroatoms. The maximum absolute atomic E-state index is 13.3.